The molecule has 8 nitrogen and oxygen atoms in total. The van der Waals surface area contributed by atoms with E-state index in [0.29, 0.717) is 23.0 Å². The van der Waals surface area contributed by atoms with Crippen molar-refractivity contribution in [3.05, 3.63) is 36.3 Å². The van der Waals surface area contributed by atoms with Gasteiger partial charge >= 0.3 is 0 Å². The van der Waals surface area contributed by atoms with Crippen molar-refractivity contribution in [3.8, 4) is 11.5 Å². The molecule has 8 heteroatoms. The van der Waals surface area contributed by atoms with E-state index in [1.807, 2.05) is 14.1 Å². The molecular weight excluding hydrogens is 322 g/mol. The highest BCUT2D eigenvalue weighted by molar-refractivity contribution is 6.02. The van der Waals surface area contributed by atoms with E-state index in [0.717, 1.165) is 19.5 Å². The van der Waals surface area contributed by atoms with E-state index in [1.54, 1.807) is 24.4 Å². The first-order chi connectivity index (χ1) is 12.1. The fourth-order valence-corrected chi connectivity index (χ4v) is 2.32. The summed E-state index contributed by atoms with van der Waals surface area (Å²) >= 11 is 0. The number of nitrogens with one attached hydrogen (secondary N) is 2. The van der Waals surface area contributed by atoms with E-state index >= 15 is 0 Å². The Morgan fingerprint density at radius 3 is 2.80 bits per heavy atom. The number of hydrogen-bond acceptors (Lipinski definition) is 7. The van der Waals surface area contributed by atoms with Crippen LogP contribution in [0.5, 0.6) is 11.5 Å². The maximum absolute atomic E-state index is 12.2. The first-order valence-electron chi connectivity index (χ1n) is 8.03. The summed E-state index contributed by atoms with van der Waals surface area (Å²) in [5, 5.41) is 5.95. The van der Waals surface area contributed by atoms with Gasteiger partial charge in [-0.25, -0.2) is 9.97 Å². The highest BCUT2D eigenvalue weighted by Crippen LogP contribution is 2.34. The topological polar surface area (TPSA) is 88.6 Å². The van der Waals surface area contributed by atoms with Crippen LogP contribution in [0.3, 0.4) is 0 Å². The molecule has 132 valence electrons. The maximum Gasteiger partial charge on any atom is 0.275 e. The molecule has 0 bridgehead atoms. The average molecular weight is 343 g/mol. The minimum Gasteiger partial charge on any atom is -0.454 e. The van der Waals surface area contributed by atoms with Crippen LogP contribution in [0.4, 0.5) is 11.5 Å². The standard InChI is InChI=1S/C17H21N5O3/c1-22(2)7-3-6-18-16-10-19-13(9-20-16)17(23)21-12-4-5-14-15(8-12)25-11-24-14/h4-5,8-10H,3,6-7,11H2,1-2H3,(H,18,20)(H,21,23). The number of anilines is 2. The number of carbonyl (C=O) groups excluding carboxylic acids is 1. The molecule has 0 aliphatic carbocycles. The molecule has 1 aliphatic heterocycles. The summed E-state index contributed by atoms with van der Waals surface area (Å²) in [6, 6.07) is 5.22. The van der Waals surface area contributed by atoms with Crippen LogP contribution in [0.2, 0.25) is 0 Å². The monoisotopic (exact) mass is 343 g/mol. The van der Waals surface area contributed by atoms with Crippen LogP contribution in [-0.4, -0.2) is 54.8 Å². The van der Waals surface area contributed by atoms with Crippen molar-refractivity contribution in [2.75, 3.05) is 44.6 Å². The first kappa shape index (κ1) is 17.0. The van der Waals surface area contributed by atoms with Gasteiger partial charge in [0.1, 0.15) is 11.5 Å². The lowest BCUT2D eigenvalue weighted by Gasteiger charge is -2.10. The fraction of sp³-hybridized carbons (Fsp3) is 0.353. The zero-order chi connectivity index (χ0) is 17.6. The summed E-state index contributed by atoms with van der Waals surface area (Å²) in [6.45, 7) is 1.99. The Morgan fingerprint density at radius 2 is 2.04 bits per heavy atom. The third-order valence-electron chi connectivity index (χ3n) is 3.60. The van der Waals surface area contributed by atoms with Gasteiger partial charge in [0.2, 0.25) is 6.79 Å². The van der Waals surface area contributed by atoms with Crippen LogP contribution in [0.25, 0.3) is 0 Å². The van der Waals surface area contributed by atoms with Crippen molar-refractivity contribution in [1.82, 2.24) is 14.9 Å². The molecule has 0 saturated carbocycles. The SMILES string of the molecule is CN(C)CCCNc1cnc(C(=O)Nc2ccc3c(c2)OCO3)cn1. The fourth-order valence-electron chi connectivity index (χ4n) is 2.32. The Morgan fingerprint density at radius 1 is 1.20 bits per heavy atom. The van der Waals surface area contributed by atoms with E-state index in [-0.39, 0.29) is 18.4 Å². The highest BCUT2D eigenvalue weighted by atomic mass is 16.7. The van der Waals surface area contributed by atoms with Crippen LogP contribution in [0, 0.1) is 0 Å². The van der Waals surface area contributed by atoms with E-state index in [2.05, 4.69) is 25.5 Å². The van der Waals surface area contributed by atoms with Crippen molar-refractivity contribution in [2.45, 2.75) is 6.42 Å². The predicted octanol–water partition coefficient (Wildman–Crippen LogP) is 1.82. The largest absolute Gasteiger partial charge is 0.454 e. The Labute approximate surface area is 146 Å². The lowest BCUT2D eigenvalue weighted by molar-refractivity contribution is 0.102. The summed E-state index contributed by atoms with van der Waals surface area (Å²) in [5.74, 6) is 1.60. The van der Waals surface area contributed by atoms with Gasteiger partial charge in [0.05, 0.1) is 12.4 Å². The Kier molecular flexibility index (Phi) is 5.30. The van der Waals surface area contributed by atoms with Gasteiger partial charge in [0, 0.05) is 18.3 Å². The smallest absolute Gasteiger partial charge is 0.275 e. The quantitative estimate of drug-likeness (QED) is 0.741. The Balaban J connectivity index is 1.54. The second-order valence-corrected chi connectivity index (χ2v) is 5.89. The molecule has 0 unspecified atom stereocenters. The van der Waals surface area contributed by atoms with Crippen molar-refractivity contribution < 1.29 is 14.3 Å². The minimum absolute atomic E-state index is 0.196. The molecule has 1 aromatic carbocycles. The van der Waals surface area contributed by atoms with E-state index in [9.17, 15) is 4.79 Å². The molecule has 2 heterocycles. The van der Waals surface area contributed by atoms with Gasteiger partial charge in [-0.2, -0.15) is 0 Å². The summed E-state index contributed by atoms with van der Waals surface area (Å²) in [7, 11) is 4.07. The van der Waals surface area contributed by atoms with Crippen LogP contribution in [0.1, 0.15) is 16.9 Å². The number of hydrogen-bond donors (Lipinski definition) is 2. The van der Waals surface area contributed by atoms with Crippen LogP contribution >= 0.6 is 0 Å². The zero-order valence-corrected chi connectivity index (χ0v) is 14.3. The molecule has 2 aromatic rings. The van der Waals surface area contributed by atoms with Crippen LogP contribution in [0.15, 0.2) is 30.6 Å². The van der Waals surface area contributed by atoms with Gasteiger partial charge in [0.15, 0.2) is 11.5 Å². The predicted molar refractivity (Wildman–Crippen MR) is 94.2 cm³/mol. The number of amides is 1. The van der Waals surface area contributed by atoms with E-state index < -0.39 is 0 Å². The molecule has 0 fully saturated rings. The van der Waals surface area contributed by atoms with Gasteiger partial charge in [-0.1, -0.05) is 0 Å². The van der Waals surface area contributed by atoms with Gasteiger partial charge in [0.25, 0.3) is 5.91 Å². The molecule has 1 amide bonds. The van der Waals surface area contributed by atoms with E-state index in [4.69, 9.17) is 9.47 Å². The molecule has 1 aliphatic rings. The number of aromatic nitrogens is 2. The first-order valence-corrected chi connectivity index (χ1v) is 8.03. The number of fused-ring (bicyclic) bond motifs is 1. The lowest BCUT2D eigenvalue weighted by Crippen LogP contribution is -2.17. The Bertz CT molecular complexity index is 734. The van der Waals surface area contributed by atoms with E-state index in [1.165, 1.54) is 6.20 Å². The second-order valence-electron chi connectivity index (χ2n) is 5.89. The zero-order valence-electron chi connectivity index (χ0n) is 14.3. The summed E-state index contributed by atoms with van der Waals surface area (Å²) < 4.78 is 10.5. The molecular formula is C17H21N5O3. The summed E-state index contributed by atoms with van der Waals surface area (Å²) in [5.41, 5.74) is 0.860. The van der Waals surface area contributed by atoms with Crippen LogP contribution < -0.4 is 20.1 Å². The third-order valence-corrected chi connectivity index (χ3v) is 3.60. The molecule has 25 heavy (non-hydrogen) atoms. The molecule has 0 atom stereocenters. The molecule has 2 N–H and O–H groups in total. The van der Waals surface area contributed by atoms with Crippen molar-refractivity contribution in [2.24, 2.45) is 0 Å². The number of rotatable bonds is 7. The molecule has 0 radical (unpaired) electrons. The molecule has 1 aromatic heterocycles. The van der Waals surface area contributed by atoms with Crippen molar-refractivity contribution in [3.63, 3.8) is 0 Å². The summed E-state index contributed by atoms with van der Waals surface area (Å²) in [6.07, 6.45) is 4.02. The normalized spacial score (nSPS) is 12.3. The molecule has 3 rings (SSSR count). The number of ether oxygens (including phenoxy) is 2. The number of benzene rings is 1. The van der Waals surface area contributed by atoms with Gasteiger partial charge < -0.3 is 25.0 Å². The average Bonchev–Trinajstić information content (AvgIpc) is 3.07. The third kappa shape index (κ3) is 4.57. The minimum atomic E-state index is -0.328. The Hall–Kier alpha value is -2.87. The maximum atomic E-state index is 12.2. The number of nitrogens with zero attached hydrogens (tertiary/aromatic N) is 3. The lowest BCUT2D eigenvalue weighted by atomic mass is 10.2. The molecule has 0 spiro atoms. The summed E-state index contributed by atoms with van der Waals surface area (Å²) in [4.78, 5) is 22.8. The highest BCUT2D eigenvalue weighted by Gasteiger charge is 2.15. The van der Waals surface area contributed by atoms with Gasteiger partial charge in [-0.3, -0.25) is 4.79 Å². The molecule has 0 saturated heterocycles. The second kappa shape index (κ2) is 7.80. The van der Waals surface area contributed by atoms with Gasteiger partial charge in [-0.05, 0) is 39.2 Å². The van der Waals surface area contributed by atoms with Gasteiger partial charge in [-0.15, -0.1) is 0 Å². The van der Waals surface area contributed by atoms with Crippen LogP contribution in [-0.2, 0) is 0 Å². The number of carbonyl (C=O) groups is 1. The van der Waals surface area contributed by atoms with Crippen molar-refractivity contribution in [1.29, 1.82) is 0 Å². The van der Waals surface area contributed by atoms with Crippen molar-refractivity contribution >= 4 is 17.4 Å².